The first kappa shape index (κ1) is 21.3. The average Bonchev–Trinajstić information content (AvgIpc) is 3.14. The van der Waals surface area contributed by atoms with Gasteiger partial charge in [0.2, 0.25) is 0 Å². The van der Waals surface area contributed by atoms with E-state index in [0.29, 0.717) is 25.0 Å². The number of rotatable bonds is 6. The van der Waals surface area contributed by atoms with E-state index in [2.05, 4.69) is 10.3 Å². The van der Waals surface area contributed by atoms with Crippen molar-refractivity contribution in [1.29, 1.82) is 0 Å². The molecule has 1 fully saturated rings. The van der Waals surface area contributed by atoms with E-state index in [1.807, 2.05) is 0 Å². The number of benzene rings is 1. The van der Waals surface area contributed by atoms with Crippen molar-refractivity contribution in [3.05, 3.63) is 54.4 Å². The van der Waals surface area contributed by atoms with Gasteiger partial charge in [0.05, 0.1) is 28.6 Å². The van der Waals surface area contributed by atoms with Crippen LogP contribution in [0.5, 0.6) is 0 Å². The molecule has 10 heteroatoms. The van der Waals surface area contributed by atoms with Crippen LogP contribution >= 0.6 is 0 Å². The van der Waals surface area contributed by atoms with E-state index < -0.39 is 22.2 Å². The lowest BCUT2D eigenvalue weighted by atomic mass is 9.92. The Hall–Kier alpha value is -2.95. The van der Waals surface area contributed by atoms with Gasteiger partial charge in [-0.25, -0.2) is 22.2 Å². The second-order valence-electron chi connectivity index (χ2n) is 7.53. The second-order valence-corrected chi connectivity index (χ2v) is 9.31. The highest BCUT2D eigenvalue weighted by atomic mass is 32.2. The highest BCUT2D eigenvalue weighted by Crippen LogP contribution is 2.34. The summed E-state index contributed by atoms with van der Waals surface area (Å²) in [5.41, 5.74) is 0.533. The fourth-order valence-corrected chi connectivity index (χ4v) is 5.43. The maximum Gasteiger partial charge on any atom is 0.409 e. The summed E-state index contributed by atoms with van der Waals surface area (Å²) in [6.07, 6.45) is 0.956. The molecule has 1 aliphatic heterocycles. The zero-order chi connectivity index (χ0) is 22.0. The first-order chi connectivity index (χ1) is 14.9. The van der Waals surface area contributed by atoms with Gasteiger partial charge in [-0.1, -0.05) is 18.2 Å². The van der Waals surface area contributed by atoms with Gasteiger partial charge in [-0.2, -0.15) is 0 Å². The number of nitrogens with one attached hydrogen (secondary N) is 1. The van der Waals surface area contributed by atoms with E-state index in [1.54, 1.807) is 24.3 Å². The number of carbonyl (C=O) groups is 1. The van der Waals surface area contributed by atoms with Gasteiger partial charge in [0.1, 0.15) is 0 Å². The molecule has 3 N–H and O–H groups in total. The van der Waals surface area contributed by atoms with E-state index >= 15 is 0 Å². The molecule has 0 bridgehead atoms. The van der Waals surface area contributed by atoms with Gasteiger partial charge < -0.3 is 14.9 Å². The Morgan fingerprint density at radius 3 is 2.61 bits per heavy atom. The largest absolute Gasteiger partial charge is 0.465 e. The minimum Gasteiger partial charge on any atom is -0.465 e. The number of aliphatic hydroxyl groups excluding tert-OH is 1. The molecule has 0 radical (unpaired) electrons. The lowest BCUT2D eigenvalue weighted by Gasteiger charge is -2.24. The summed E-state index contributed by atoms with van der Waals surface area (Å²) in [6.45, 7) is 1.24. The van der Waals surface area contributed by atoms with Gasteiger partial charge in [0, 0.05) is 18.6 Å². The monoisotopic (exact) mass is 445 g/mol. The molecule has 2 aromatic heterocycles. The van der Waals surface area contributed by atoms with Gasteiger partial charge in [-0.3, -0.25) is 5.32 Å². The highest BCUT2D eigenvalue weighted by Gasteiger charge is 2.29. The maximum atomic E-state index is 13.5. The molecular formula is C21H23N3O6S. The van der Waals surface area contributed by atoms with Crippen LogP contribution in [0.4, 0.5) is 10.5 Å². The number of anilines is 1. The van der Waals surface area contributed by atoms with Crippen molar-refractivity contribution in [1.82, 2.24) is 8.96 Å². The summed E-state index contributed by atoms with van der Waals surface area (Å²) >= 11 is 0. The van der Waals surface area contributed by atoms with E-state index in [-0.39, 0.29) is 27.8 Å². The van der Waals surface area contributed by atoms with Crippen molar-refractivity contribution in [3.8, 4) is 0 Å². The van der Waals surface area contributed by atoms with Crippen LogP contribution in [0.15, 0.2) is 53.6 Å². The molecule has 1 aromatic carbocycles. The van der Waals surface area contributed by atoms with E-state index in [0.717, 1.165) is 16.8 Å². The first-order valence-corrected chi connectivity index (χ1v) is 11.4. The van der Waals surface area contributed by atoms with Crippen molar-refractivity contribution in [3.63, 3.8) is 0 Å². The van der Waals surface area contributed by atoms with Gasteiger partial charge in [-0.05, 0) is 49.4 Å². The minimum absolute atomic E-state index is 0.0709. The third-order valence-electron chi connectivity index (χ3n) is 5.40. The van der Waals surface area contributed by atoms with Crippen LogP contribution in [-0.2, 0) is 14.8 Å². The Bertz CT molecular complexity index is 1190. The molecule has 31 heavy (non-hydrogen) atoms. The summed E-state index contributed by atoms with van der Waals surface area (Å²) in [4.78, 5) is 15.2. The molecule has 9 nitrogen and oxygen atoms in total. The third-order valence-corrected chi connectivity index (χ3v) is 7.13. The summed E-state index contributed by atoms with van der Waals surface area (Å²) in [5, 5.41) is 22.6. The molecule has 3 heterocycles. The SMILES string of the molecule is O=C(O)Nc1cnc2c(c1)cc(C(O)CC1CCOCC1)n2S(=O)(=O)c1ccccc1. The van der Waals surface area contributed by atoms with Crippen LogP contribution in [0.3, 0.4) is 0 Å². The molecule has 3 aromatic rings. The van der Waals surface area contributed by atoms with E-state index in [1.165, 1.54) is 24.4 Å². The second kappa shape index (κ2) is 8.66. The number of aliphatic hydroxyl groups is 1. The molecule has 1 amide bonds. The molecule has 0 spiro atoms. The van der Waals surface area contributed by atoms with Crippen LogP contribution in [0.2, 0.25) is 0 Å². The predicted molar refractivity (Wildman–Crippen MR) is 114 cm³/mol. The number of hydrogen-bond donors (Lipinski definition) is 3. The lowest BCUT2D eigenvalue weighted by Crippen LogP contribution is -2.21. The number of nitrogens with zero attached hydrogens (tertiary/aromatic N) is 2. The van der Waals surface area contributed by atoms with Gasteiger partial charge in [0.15, 0.2) is 5.65 Å². The van der Waals surface area contributed by atoms with Gasteiger partial charge in [0.25, 0.3) is 10.0 Å². The van der Waals surface area contributed by atoms with Gasteiger partial charge in [-0.15, -0.1) is 0 Å². The number of fused-ring (bicyclic) bond motifs is 1. The quantitative estimate of drug-likeness (QED) is 0.531. The zero-order valence-corrected chi connectivity index (χ0v) is 17.5. The lowest BCUT2D eigenvalue weighted by molar-refractivity contribution is 0.0426. The van der Waals surface area contributed by atoms with Crippen LogP contribution in [-0.4, -0.2) is 46.9 Å². The van der Waals surface area contributed by atoms with E-state index in [9.17, 15) is 18.3 Å². The topological polar surface area (TPSA) is 131 Å². The molecule has 1 saturated heterocycles. The Morgan fingerprint density at radius 2 is 1.94 bits per heavy atom. The van der Waals surface area contributed by atoms with Crippen molar-refractivity contribution < 1.29 is 28.2 Å². The van der Waals surface area contributed by atoms with E-state index in [4.69, 9.17) is 9.84 Å². The Kier molecular flexibility index (Phi) is 5.94. The summed E-state index contributed by atoms with van der Waals surface area (Å²) in [7, 11) is -4.04. The molecule has 164 valence electrons. The molecule has 1 aliphatic rings. The summed E-state index contributed by atoms with van der Waals surface area (Å²) < 4.78 is 33.4. The molecule has 1 unspecified atom stereocenters. The highest BCUT2D eigenvalue weighted by molar-refractivity contribution is 7.90. The number of pyridine rings is 1. The number of carboxylic acid groups (broad SMARTS) is 1. The van der Waals surface area contributed by atoms with Crippen molar-refractivity contribution >= 4 is 32.8 Å². The smallest absolute Gasteiger partial charge is 0.409 e. The maximum absolute atomic E-state index is 13.5. The first-order valence-electron chi connectivity index (χ1n) is 9.94. The summed E-state index contributed by atoms with van der Waals surface area (Å²) in [5.74, 6) is 0.215. The van der Waals surface area contributed by atoms with Crippen LogP contribution < -0.4 is 5.32 Å². The Labute approximate surface area is 179 Å². The molecular weight excluding hydrogens is 422 g/mol. The normalized spacial score (nSPS) is 16.3. The molecule has 1 atom stereocenters. The standard InChI is InChI=1S/C21H23N3O6S/c25-19(10-14-6-8-30-9-7-14)18-12-15-11-16(23-21(26)27)13-22-20(15)24(18)31(28,29)17-4-2-1-3-5-17/h1-5,11-14,19,23,25H,6-10H2,(H,26,27). The van der Waals surface area contributed by atoms with Crippen molar-refractivity contribution in [2.24, 2.45) is 5.92 Å². The number of hydrogen-bond acceptors (Lipinski definition) is 6. The molecule has 0 aliphatic carbocycles. The average molecular weight is 445 g/mol. The molecule has 0 saturated carbocycles. The minimum atomic E-state index is -4.04. The third kappa shape index (κ3) is 4.41. The summed E-state index contributed by atoms with van der Waals surface area (Å²) in [6, 6.07) is 11.0. The van der Waals surface area contributed by atoms with Crippen LogP contribution in [0.1, 0.15) is 31.1 Å². The van der Waals surface area contributed by atoms with Crippen molar-refractivity contribution in [2.75, 3.05) is 18.5 Å². The van der Waals surface area contributed by atoms with Crippen molar-refractivity contribution in [2.45, 2.75) is 30.3 Å². The van der Waals surface area contributed by atoms with Gasteiger partial charge >= 0.3 is 6.09 Å². The van der Waals surface area contributed by atoms with Crippen LogP contribution in [0.25, 0.3) is 11.0 Å². The fourth-order valence-electron chi connectivity index (χ4n) is 3.88. The van der Waals surface area contributed by atoms with Crippen LogP contribution in [0, 0.1) is 5.92 Å². The fraction of sp³-hybridized carbons (Fsp3) is 0.333. The Balaban J connectivity index is 1.82. The molecule has 4 rings (SSSR count). The Morgan fingerprint density at radius 1 is 1.23 bits per heavy atom. The number of aromatic nitrogens is 2. The number of amides is 1. The zero-order valence-electron chi connectivity index (χ0n) is 16.6. The number of ether oxygens (including phenoxy) is 1. The predicted octanol–water partition coefficient (Wildman–Crippen LogP) is 3.21.